The minimum Gasteiger partial charge on any atom is -0.391 e. The first kappa shape index (κ1) is 25.1. The number of aliphatic hydroxyl groups is 1. The van der Waals surface area contributed by atoms with Crippen molar-refractivity contribution < 1.29 is 14.7 Å². The van der Waals surface area contributed by atoms with Gasteiger partial charge in [-0.05, 0) is 43.4 Å². The lowest BCUT2D eigenvalue weighted by molar-refractivity contribution is -0.142. The standard InChI is InChI=1S/C26H33N5O3S/c1-15(2)23(31-12-16(3)11-28-31)26(34)30-13-21(32)10-22(30)25(33)29-17(4)19-6-8-20(9-7-19)24-18(5)27-14-35-24/h6-9,11-12,14-15,17,21-23,32H,10,13H2,1-5H3,(H,29,33)/t17-,21+,22-,23-/m0/s1. The summed E-state index contributed by atoms with van der Waals surface area (Å²) in [6, 6.07) is 6.56. The third-order valence-corrected chi connectivity index (χ3v) is 7.52. The molecule has 4 rings (SSSR count). The maximum absolute atomic E-state index is 13.6. The van der Waals surface area contributed by atoms with Gasteiger partial charge in [0.05, 0.1) is 34.4 Å². The van der Waals surface area contributed by atoms with E-state index in [1.807, 2.05) is 70.6 Å². The molecule has 1 saturated heterocycles. The van der Waals surface area contributed by atoms with E-state index in [1.165, 1.54) is 4.90 Å². The molecule has 0 bridgehead atoms. The molecule has 2 aromatic heterocycles. The van der Waals surface area contributed by atoms with Crippen LogP contribution in [0.15, 0.2) is 42.2 Å². The highest BCUT2D eigenvalue weighted by Crippen LogP contribution is 2.29. The zero-order valence-corrected chi connectivity index (χ0v) is 21.6. The summed E-state index contributed by atoms with van der Waals surface area (Å²) in [6.07, 6.45) is 3.04. The number of aromatic nitrogens is 3. The second-order valence-electron chi connectivity index (χ2n) is 9.70. The number of nitrogens with one attached hydrogen (secondary N) is 1. The quantitative estimate of drug-likeness (QED) is 0.521. The Morgan fingerprint density at radius 1 is 1.17 bits per heavy atom. The van der Waals surface area contributed by atoms with E-state index in [9.17, 15) is 14.7 Å². The van der Waals surface area contributed by atoms with Crippen molar-refractivity contribution in [2.24, 2.45) is 5.92 Å². The number of likely N-dealkylation sites (tertiary alicyclic amines) is 1. The second-order valence-corrected chi connectivity index (χ2v) is 10.6. The zero-order valence-electron chi connectivity index (χ0n) is 20.8. The third kappa shape index (κ3) is 5.31. The summed E-state index contributed by atoms with van der Waals surface area (Å²) in [4.78, 5) is 33.8. The maximum atomic E-state index is 13.6. The molecule has 1 fully saturated rings. The molecule has 3 aromatic rings. The van der Waals surface area contributed by atoms with Gasteiger partial charge in [0.25, 0.3) is 0 Å². The van der Waals surface area contributed by atoms with Gasteiger partial charge in [0.1, 0.15) is 12.1 Å². The van der Waals surface area contributed by atoms with Crippen LogP contribution >= 0.6 is 11.3 Å². The monoisotopic (exact) mass is 495 g/mol. The number of benzene rings is 1. The van der Waals surface area contributed by atoms with Crippen molar-refractivity contribution in [3.8, 4) is 10.4 Å². The number of thiazole rings is 1. The van der Waals surface area contributed by atoms with Crippen molar-refractivity contribution in [2.75, 3.05) is 6.54 Å². The van der Waals surface area contributed by atoms with E-state index in [0.717, 1.165) is 27.3 Å². The van der Waals surface area contributed by atoms with Crippen LogP contribution in [-0.2, 0) is 9.59 Å². The summed E-state index contributed by atoms with van der Waals surface area (Å²) in [7, 11) is 0. The highest BCUT2D eigenvalue weighted by atomic mass is 32.1. The van der Waals surface area contributed by atoms with Crippen LogP contribution in [0.1, 0.15) is 56.1 Å². The molecule has 0 radical (unpaired) electrons. The highest BCUT2D eigenvalue weighted by molar-refractivity contribution is 7.13. The lowest BCUT2D eigenvalue weighted by Gasteiger charge is -2.30. The molecule has 1 aromatic carbocycles. The Morgan fingerprint density at radius 3 is 2.46 bits per heavy atom. The van der Waals surface area contributed by atoms with E-state index in [1.54, 1.807) is 22.2 Å². The minimum absolute atomic E-state index is 0.0251. The van der Waals surface area contributed by atoms with Gasteiger partial charge in [-0.1, -0.05) is 38.1 Å². The van der Waals surface area contributed by atoms with E-state index in [2.05, 4.69) is 15.4 Å². The van der Waals surface area contributed by atoms with Gasteiger partial charge in [0, 0.05) is 19.2 Å². The molecule has 4 atom stereocenters. The zero-order chi connectivity index (χ0) is 25.3. The average Bonchev–Trinajstić information content (AvgIpc) is 3.53. The first-order chi connectivity index (χ1) is 16.7. The van der Waals surface area contributed by atoms with E-state index in [-0.39, 0.29) is 36.7 Å². The summed E-state index contributed by atoms with van der Waals surface area (Å²) in [5.41, 5.74) is 5.86. The number of nitrogens with zero attached hydrogens (tertiary/aromatic N) is 4. The summed E-state index contributed by atoms with van der Waals surface area (Å²) in [6.45, 7) is 9.89. The highest BCUT2D eigenvalue weighted by Gasteiger charge is 2.42. The third-order valence-electron chi connectivity index (χ3n) is 6.54. The normalized spacial score (nSPS) is 19.7. The van der Waals surface area contributed by atoms with Gasteiger partial charge < -0.3 is 15.3 Å². The summed E-state index contributed by atoms with van der Waals surface area (Å²) in [5.74, 6) is -0.483. The molecule has 0 saturated carbocycles. The molecule has 35 heavy (non-hydrogen) atoms. The van der Waals surface area contributed by atoms with E-state index < -0.39 is 18.2 Å². The second kappa shape index (κ2) is 10.3. The molecule has 2 amide bonds. The Labute approximate surface area is 210 Å². The van der Waals surface area contributed by atoms with E-state index in [4.69, 9.17) is 0 Å². The maximum Gasteiger partial charge on any atom is 0.248 e. The van der Waals surface area contributed by atoms with Crippen LogP contribution in [-0.4, -0.2) is 55.3 Å². The van der Waals surface area contributed by atoms with Gasteiger partial charge in [-0.2, -0.15) is 5.10 Å². The number of aryl methyl sites for hydroxylation is 2. The van der Waals surface area contributed by atoms with Crippen LogP contribution in [0.2, 0.25) is 0 Å². The molecule has 0 unspecified atom stereocenters. The van der Waals surface area contributed by atoms with Crippen molar-refractivity contribution in [2.45, 2.75) is 65.3 Å². The van der Waals surface area contributed by atoms with Gasteiger partial charge in [-0.15, -0.1) is 11.3 Å². The predicted octanol–water partition coefficient (Wildman–Crippen LogP) is 3.66. The number of rotatable bonds is 7. The molecular formula is C26H33N5O3S. The van der Waals surface area contributed by atoms with Crippen molar-refractivity contribution in [1.82, 2.24) is 25.0 Å². The van der Waals surface area contributed by atoms with Gasteiger partial charge in [0.2, 0.25) is 11.8 Å². The number of hydrogen-bond acceptors (Lipinski definition) is 6. The fourth-order valence-electron chi connectivity index (χ4n) is 4.66. The van der Waals surface area contributed by atoms with Gasteiger partial charge in [0.15, 0.2) is 0 Å². The Balaban J connectivity index is 1.47. The number of carbonyl (C=O) groups excluding carboxylic acids is 2. The van der Waals surface area contributed by atoms with E-state index in [0.29, 0.717) is 0 Å². The Hall–Kier alpha value is -3.04. The van der Waals surface area contributed by atoms with Gasteiger partial charge >= 0.3 is 0 Å². The Kier molecular flexibility index (Phi) is 7.37. The molecule has 1 aliphatic rings. The first-order valence-corrected chi connectivity index (χ1v) is 12.8. The van der Waals surface area contributed by atoms with Crippen molar-refractivity contribution in [1.29, 1.82) is 0 Å². The summed E-state index contributed by atoms with van der Waals surface area (Å²) in [5, 5.41) is 17.7. The Morgan fingerprint density at radius 2 is 1.89 bits per heavy atom. The number of amides is 2. The number of carbonyl (C=O) groups is 2. The largest absolute Gasteiger partial charge is 0.391 e. The summed E-state index contributed by atoms with van der Waals surface area (Å²) < 4.78 is 1.66. The molecule has 9 heteroatoms. The average molecular weight is 496 g/mol. The molecule has 2 N–H and O–H groups in total. The number of β-amino-alcohol motifs (C(OH)–C–C–N with tert-alkyl or cyclic N) is 1. The van der Waals surface area contributed by atoms with Crippen molar-refractivity contribution in [3.63, 3.8) is 0 Å². The molecule has 8 nitrogen and oxygen atoms in total. The van der Waals surface area contributed by atoms with E-state index >= 15 is 0 Å². The lowest BCUT2D eigenvalue weighted by atomic mass is 10.0. The predicted molar refractivity (Wildman–Crippen MR) is 136 cm³/mol. The molecule has 0 aliphatic carbocycles. The minimum atomic E-state index is -0.737. The SMILES string of the molecule is Cc1cnn([C@H](C(=O)N2C[C@H](O)C[C@H]2C(=O)N[C@@H](C)c2ccc(-c3scnc3C)cc2)C(C)C)c1. The Bertz CT molecular complexity index is 1190. The van der Waals surface area contributed by atoms with Crippen LogP contribution in [0.5, 0.6) is 0 Å². The van der Waals surface area contributed by atoms with Crippen LogP contribution in [0, 0.1) is 19.8 Å². The fraction of sp³-hybridized carbons (Fsp3) is 0.462. The molecule has 3 heterocycles. The van der Waals surface area contributed by atoms with Crippen LogP contribution in [0.25, 0.3) is 10.4 Å². The number of aliphatic hydroxyl groups excluding tert-OH is 1. The van der Waals surface area contributed by atoms with Gasteiger partial charge in [-0.3, -0.25) is 14.3 Å². The lowest BCUT2D eigenvalue weighted by Crippen LogP contribution is -2.49. The van der Waals surface area contributed by atoms with Crippen LogP contribution in [0.3, 0.4) is 0 Å². The topological polar surface area (TPSA) is 100 Å². The molecular weight excluding hydrogens is 462 g/mol. The summed E-state index contributed by atoms with van der Waals surface area (Å²) >= 11 is 1.60. The molecule has 186 valence electrons. The first-order valence-electron chi connectivity index (χ1n) is 12.0. The van der Waals surface area contributed by atoms with Gasteiger partial charge in [-0.25, -0.2) is 4.98 Å². The molecule has 0 spiro atoms. The fourth-order valence-corrected chi connectivity index (χ4v) is 5.47. The van der Waals surface area contributed by atoms with Crippen LogP contribution < -0.4 is 5.32 Å². The van der Waals surface area contributed by atoms with Crippen LogP contribution in [0.4, 0.5) is 0 Å². The smallest absolute Gasteiger partial charge is 0.248 e. The van der Waals surface area contributed by atoms with Crippen molar-refractivity contribution >= 4 is 23.2 Å². The van der Waals surface area contributed by atoms with Crippen molar-refractivity contribution in [3.05, 3.63) is 59.0 Å². The molecule has 1 aliphatic heterocycles. The number of hydrogen-bond donors (Lipinski definition) is 2.